The highest BCUT2D eigenvalue weighted by Gasteiger charge is 2.12. The van der Waals surface area contributed by atoms with E-state index in [0.717, 1.165) is 33.6 Å². The molecule has 0 saturated carbocycles. The number of pyridine rings is 1. The van der Waals surface area contributed by atoms with Crippen molar-refractivity contribution >= 4 is 16.4 Å². The molecule has 24 heavy (non-hydrogen) atoms. The molecule has 4 heteroatoms. The summed E-state index contributed by atoms with van der Waals surface area (Å²) in [6, 6.07) is 16.5. The lowest BCUT2D eigenvalue weighted by atomic mass is 9.98. The third kappa shape index (κ3) is 2.41. The minimum atomic E-state index is 0.105. The molecule has 2 aromatic carbocycles. The standard InChI is InChI=1S/C20H18N2O2/c1-24-18-7-6-14-4-2-3-5-17(14)20(18)15-8-10-22-13-16(9-11-23)21-19(22)12-15/h2-8,10,12-13,23H,9,11H2,1H3. The summed E-state index contributed by atoms with van der Waals surface area (Å²) in [5, 5.41) is 11.4. The average Bonchev–Trinajstić information content (AvgIpc) is 3.02. The molecule has 0 fully saturated rings. The molecule has 2 aromatic heterocycles. The lowest BCUT2D eigenvalue weighted by Crippen LogP contribution is -1.91. The molecule has 0 aliphatic carbocycles. The Labute approximate surface area is 140 Å². The molecule has 4 aromatic rings. The Morgan fingerprint density at radius 2 is 2.00 bits per heavy atom. The number of rotatable bonds is 4. The van der Waals surface area contributed by atoms with E-state index >= 15 is 0 Å². The number of imidazole rings is 1. The van der Waals surface area contributed by atoms with Crippen molar-refractivity contribution in [2.75, 3.05) is 13.7 Å². The number of aliphatic hydroxyl groups excluding tert-OH is 1. The number of aromatic nitrogens is 2. The Morgan fingerprint density at radius 3 is 2.83 bits per heavy atom. The van der Waals surface area contributed by atoms with Crippen molar-refractivity contribution in [2.45, 2.75) is 6.42 Å². The van der Waals surface area contributed by atoms with Gasteiger partial charge >= 0.3 is 0 Å². The Balaban J connectivity index is 1.94. The molecule has 0 bridgehead atoms. The monoisotopic (exact) mass is 318 g/mol. The zero-order valence-corrected chi connectivity index (χ0v) is 13.4. The predicted molar refractivity (Wildman–Crippen MR) is 95.5 cm³/mol. The van der Waals surface area contributed by atoms with Crippen molar-refractivity contribution < 1.29 is 9.84 Å². The van der Waals surface area contributed by atoms with Crippen molar-refractivity contribution in [2.24, 2.45) is 0 Å². The van der Waals surface area contributed by atoms with E-state index in [2.05, 4.69) is 35.3 Å². The molecule has 0 unspecified atom stereocenters. The summed E-state index contributed by atoms with van der Waals surface area (Å²) < 4.78 is 7.58. The van der Waals surface area contributed by atoms with E-state index in [1.54, 1.807) is 7.11 Å². The number of methoxy groups -OCH3 is 1. The summed E-state index contributed by atoms with van der Waals surface area (Å²) in [6.45, 7) is 0.105. The van der Waals surface area contributed by atoms with Gasteiger partial charge in [-0.1, -0.05) is 30.3 Å². The largest absolute Gasteiger partial charge is 0.496 e. The fraction of sp³-hybridized carbons (Fsp3) is 0.150. The second-order valence-corrected chi connectivity index (χ2v) is 5.75. The first-order valence-corrected chi connectivity index (χ1v) is 7.95. The van der Waals surface area contributed by atoms with Crippen LogP contribution in [0.4, 0.5) is 0 Å². The molecule has 2 heterocycles. The third-order valence-electron chi connectivity index (χ3n) is 4.28. The third-order valence-corrected chi connectivity index (χ3v) is 4.28. The maximum Gasteiger partial charge on any atom is 0.137 e. The molecular weight excluding hydrogens is 300 g/mol. The van der Waals surface area contributed by atoms with Crippen LogP contribution < -0.4 is 4.74 Å². The lowest BCUT2D eigenvalue weighted by Gasteiger charge is -2.12. The highest BCUT2D eigenvalue weighted by atomic mass is 16.5. The summed E-state index contributed by atoms with van der Waals surface area (Å²) in [5.41, 5.74) is 3.90. The molecular formula is C20H18N2O2. The molecule has 120 valence electrons. The molecule has 0 aliphatic heterocycles. The van der Waals surface area contributed by atoms with Gasteiger partial charge < -0.3 is 14.2 Å². The first-order chi connectivity index (χ1) is 11.8. The molecule has 0 aliphatic rings. The fourth-order valence-corrected chi connectivity index (χ4v) is 3.14. The highest BCUT2D eigenvalue weighted by Crippen LogP contribution is 2.37. The van der Waals surface area contributed by atoms with Gasteiger partial charge in [0.15, 0.2) is 0 Å². The highest BCUT2D eigenvalue weighted by molar-refractivity contribution is 6.00. The number of benzene rings is 2. The second kappa shape index (κ2) is 5.98. The summed E-state index contributed by atoms with van der Waals surface area (Å²) >= 11 is 0. The normalized spacial score (nSPS) is 11.2. The van der Waals surface area contributed by atoms with E-state index in [-0.39, 0.29) is 6.61 Å². The van der Waals surface area contributed by atoms with E-state index < -0.39 is 0 Å². The first-order valence-electron chi connectivity index (χ1n) is 7.95. The average molecular weight is 318 g/mol. The summed E-state index contributed by atoms with van der Waals surface area (Å²) in [5.74, 6) is 0.847. The number of hydrogen-bond acceptors (Lipinski definition) is 3. The molecule has 4 nitrogen and oxygen atoms in total. The summed E-state index contributed by atoms with van der Waals surface area (Å²) in [6.07, 6.45) is 4.52. The Hall–Kier alpha value is -2.85. The van der Waals surface area contributed by atoms with Gasteiger partial charge in [-0.2, -0.15) is 0 Å². The Kier molecular flexibility index (Phi) is 3.67. The van der Waals surface area contributed by atoms with Gasteiger partial charge in [-0.15, -0.1) is 0 Å². The maximum atomic E-state index is 9.10. The van der Waals surface area contributed by atoms with E-state index in [1.807, 2.05) is 35.0 Å². The number of nitrogens with zero attached hydrogens (tertiary/aromatic N) is 2. The molecule has 0 atom stereocenters. The van der Waals surface area contributed by atoms with Gasteiger partial charge in [0.05, 0.1) is 12.8 Å². The number of hydrogen-bond donors (Lipinski definition) is 1. The van der Waals surface area contributed by atoms with Crippen LogP contribution in [0.15, 0.2) is 60.9 Å². The van der Waals surface area contributed by atoms with E-state index in [1.165, 1.54) is 5.39 Å². The van der Waals surface area contributed by atoms with E-state index in [9.17, 15) is 0 Å². The van der Waals surface area contributed by atoms with Gasteiger partial charge in [0.1, 0.15) is 11.4 Å². The number of fused-ring (bicyclic) bond motifs is 2. The van der Waals surface area contributed by atoms with E-state index in [0.29, 0.717) is 6.42 Å². The molecule has 4 rings (SSSR count). The summed E-state index contributed by atoms with van der Waals surface area (Å²) in [7, 11) is 1.70. The van der Waals surface area contributed by atoms with Gasteiger partial charge in [-0.05, 0) is 34.5 Å². The lowest BCUT2D eigenvalue weighted by molar-refractivity contribution is 0.298. The van der Waals surface area contributed by atoms with Gasteiger partial charge in [-0.3, -0.25) is 0 Å². The van der Waals surface area contributed by atoms with Crippen LogP contribution in [0.2, 0.25) is 0 Å². The van der Waals surface area contributed by atoms with Crippen LogP contribution in [0.25, 0.3) is 27.5 Å². The second-order valence-electron chi connectivity index (χ2n) is 5.75. The Bertz CT molecular complexity index is 1020. The van der Waals surface area contributed by atoms with Crippen LogP contribution in [-0.4, -0.2) is 28.2 Å². The van der Waals surface area contributed by atoms with Gasteiger partial charge in [0.25, 0.3) is 0 Å². The van der Waals surface area contributed by atoms with Crippen LogP contribution in [0.3, 0.4) is 0 Å². The number of ether oxygens (including phenoxy) is 1. The first kappa shape index (κ1) is 14.7. The zero-order valence-electron chi connectivity index (χ0n) is 13.4. The maximum absolute atomic E-state index is 9.10. The van der Waals surface area contributed by atoms with Crippen LogP contribution in [-0.2, 0) is 6.42 Å². The number of aliphatic hydroxyl groups is 1. The Morgan fingerprint density at radius 1 is 1.12 bits per heavy atom. The summed E-state index contributed by atoms with van der Waals surface area (Å²) in [4.78, 5) is 4.59. The minimum absolute atomic E-state index is 0.105. The smallest absolute Gasteiger partial charge is 0.137 e. The van der Waals surface area contributed by atoms with Crippen LogP contribution >= 0.6 is 0 Å². The molecule has 0 amide bonds. The van der Waals surface area contributed by atoms with Crippen molar-refractivity contribution in [1.82, 2.24) is 9.38 Å². The molecule has 0 spiro atoms. The van der Waals surface area contributed by atoms with Crippen LogP contribution in [0.5, 0.6) is 5.75 Å². The van der Waals surface area contributed by atoms with Crippen molar-refractivity contribution in [1.29, 1.82) is 0 Å². The minimum Gasteiger partial charge on any atom is -0.496 e. The molecule has 0 saturated heterocycles. The van der Waals surface area contributed by atoms with Crippen LogP contribution in [0.1, 0.15) is 5.69 Å². The van der Waals surface area contributed by atoms with Gasteiger partial charge in [0, 0.05) is 31.0 Å². The van der Waals surface area contributed by atoms with Crippen molar-refractivity contribution in [3.8, 4) is 16.9 Å². The van der Waals surface area contributed by atoms with E-state index in [4.69, 9.17) is 9.84 Å². The van der Waals surface area contributed by atoms with Crippen molar-refractivity contribution in [3.05, 3.63) is 66.6 Å². The quantitative estimate of drug-likeness (QED) is 0.624. The predicted octanol–water partition coefficient (Wildman–Crippen LogP) is 3.70. The van der Waals surface area contributed by atoms with Gasteiger partial charge in [-0.25, -0.2) is 4.98 Å². The SMILES string of the molecule is COc1ccc2ccccc2c1-c1ccn2cc(CCO)nc2c1. The molecule has 0 radical (unpaired) electrons. The topological polar surface area (TPSA) is 46.8 Å². The van der Waals surface area contributed by atoms with Gasteiger partial charge in [0.2, 0.25) is 0 Å². The van der Waals surface area contributed by atoms with Crippen LogP contribution in [0, 0.1) is 0 Å². The zero-order chi connectivity index (χ0) is 16.5. The van der Waals surface area contributed by atoms with Crippen molar-refractivity contribution in [3.63, 3.8) is 0 Å². The molecule has 1 N–H and O–H groups in total. The fourth-order valence-electron chi connectivity index (χ4n) is 3.14.